The Morgan fingerprint density at radius 3 is 2.50 bits per heavy atom. The molecule has 2 nitrogen and oxygen atoms in total. The van der Waals surface area contributed by atoms with Crippen molar-refractivity contribution >= 4 is 14.1 Å². The van der Waals surface area contributed by atoms with Crippen LogP contribution in [0.1, 0.15) is 40.0 Å². The first-order chi connectivity index (χ1) is 7.65. The summed E-state index contributed by atoms with van der Waals surface area (Å²) in [6, 6.07) is 3.54. The summed E-state index contributed by atoms with van der Waals surface area (Å²) >= 11 is 0. The third-order valence-electron chi connectivity index (χ3n) is 3.74. The minimum atomic E-state index is -1.51. The van der Waals surface area contributed by atoms with E-state index in [1.165, 1.54) is 18.1 Å². The zero-order valence-electron chi connectivity index (χ0n) is 10.8. The van der Waals surface area contributed by atoms with Crippen LogP contribution in [0.5, 0.6) is 0 Å². The summed E-state index contributed by atoms with van der Waals surface area (Å²) in [4.78, 5) is 11.3. The van der Waals surface area contributed by atoms with Crippen LogP contribution in [0, 0.1) is 0 Å². The van der Waals surface area contributed by atoms with Gasteiger partial charge >= 0.3 is 0 Å². The Morgan fingerprint density at radius 1 is 1.31 bits per heavy atom. The molecule has 0 unspecified atom stereocenters. The van der Waals surface area contributed by atoms with Crippen molar-refractivity contribution in [3.05, 3.63) is 12.2 Å². The Bertz CT molecular complexity index is 248. The fraction of sp³-hybridized carbons (Fsp3) is 0.769. The smallest absolute Gasteiger partial charge is 0.192 e. The van der Waals surface area contributed by atoms with E-state index in [1.54, 1.807) is 6.08 Å². The Labute approximate surface area is 100 Å². The van der Waals surface area contributed by atoms with E-state index in [0.29, 0.717) is 6.42 Å². The molecule has 0 aromatic heterocycles. The van der Waals surface area contributed by atoms with Crippen LogP contribution in [-0.2, 0) is 9.22 Å². The maximum absolute atomic E-state index is 11.3. The van der Waals surface area contributed by atoms with Crippen LogP contribution in [0.2, 0.25) is 18.1 Å². The van der Waals surface area contributed by atoms with E-state index in [2.05, 4.69) is 20.8 Å². The first-order valence-electron chi connectivity index (χ1n) is 6.54. The van der Waals surface area contributed by atoms with Gasteiger partial charge in [-0.25, -0.2) is 0 Å². The van der Waals surface area contributed by atoms with Gasteiger partial charge in [-0.15, -0.1) is 0 Å². The van der Waals surface area contributed by atoms with Gasteiger partial charge in [-0.2, -0.15) is 0 Å². The fourth-order valence-corrected chi connectivity index (χ4v) is 5.13. The number of allylic oxidation sites excluding steroid dienone is 1. The number of ketones is 1. The highest BCUT2D eigenvalue weighted by atomic mass is 28.4. The lowest BCUT2D eigenvalue weighted by Crippen LogP contribution is -2.39. The fourth-order valence-electron chi connectivity index (χ4n) is 2.29. The quantitative estimate of drug-likeness (QED) is 0.685. The van der Waals surface area contributed by atoms with Gasteiger partial charge in [-0.3, -0.25) is 4.79 Å². The molecule has 0 aromatic carbocycles. The van der Waals surface area contributed by atoms with Gasteiger partial charge in [-0.05, 0) is 37.0 Å². The predicted octanol–water partition coefficient (Wildman–Crippen LogP) is 3.69. The molecule has 1 aliphatic carbocycles. The highest BCUT2D eigenvalue weighted by Gasteiger charge is 2.31. The number of hydrogen-bond donors (Lipinski definition) is 0. The molecule has 0 N–H and O–H groups in total. The Morgan fingerprint density at radius 2 is 1.94 bits per heavy atom. The van der Waals surface area contributed by atoms with Crippen molar-refractivity contribution < 1.29 is 9.22 Å². The largest absolute Gasteiger partial charge is 0.411 e. The molecule has 0 bridgehead atoms. The summed E-state index contributed by atoms with van der Waals surface area (Å²) in [5, 5.41) is 0. The number of carbonyl (C=O) groups is 1. The average molecular weight is 240 g/mol. The minimum absolute atomic E-state index is 0.193. The van der Waals surface area contributed by atoms with Crippen LogP contribution in [-0.4, -0.2) is 20.2 Å². The second-order valence-electron chi connectivity index (χ2n) is 4.62. The topological polar surface area (TPSA) is 26.3 Å². The van der Waals surface area contributed by atoms with Gasteiger partial charge in [0.15, 0.2) is 14.1 Å². The molecule has 0 heterocycles. The molecule has 0 aromatic rings. The van der Waals surface area contributed by atoms with Crippen LogP contribution in [0.25, 0.3) is 0 Å². The van der Waals surface area contributed by atoms with Crippen LogP contribution in [0.3, 0.4) is 0 Å². The van der Waals surface area contributed by atoms with Gasteiger partial charge < -0.3 is 4.43 Å². The van der Waals surface area contributed by atoms with Crippen molar-refractivity contribution in [2.45, 2.75) is 64.3 Å². The number of rotatable bonds is 5. The van der Waals surface area contributed by atoms with E-state index in [-0.39, 0.29) is 11.9 Å². The Kier molecular flexibility index (Phi) is 5.42. The molecule has 0 fully saturated rings. The third-order valence-corrected chi connectivity index (χ3v) is 8.41. The summed E-state index contributed by atoms with van der Waals surface area (Å²) < 4.78 is 6.35. The van der Waals surface area contributed by atoms with Crippen molar-refractivity contribution in [2.75, 3.05) is 0 Å². The molecule has 92 valence electrons. The second kappa shape index (κ2) is 6.35. The van der Waals surface area contributed by atoms with Gasteiger partial charge in [-0.1, -0.05) is 26.8 Å². The van der Waals surface area contributed by atoms with Crippen molar-refractivity contribution in [2.24, 2.45) is 0 Å². The summed E-state index contributed by atoms with van der Waals surface area (Å²) in [5.41, 5.74) is 0. The van der Waals surface area contributed by atoms with Crippen LogP contribution >= 0.6 is 0 Å². The molecule has 0 radical (unpaired) electrons. The molecule has 0 saturated heterocycles. The summed E-state index contributed by atoms with van der Waals surface area (Å²) in [6.07, 6.45) is 6.57. The van der Waals surface area contributed by atoms with Gasteiger partial charge in [0, 0.05) is 6.42 Å². The van der Waals surface area contributed by atoms with Gasteiger partial charge in [0.05, 0.1) is 6.10 Å². The Hall–Kier alpha value is -0.413. The van der Waals surface area contributed by atoms with E-state index >= 15 is 0 Å². The van der Waals surface area contributed by atoms with Crippen molar-refractivity contribution in [1.82, 2.24) is 0 Å². The third kappa shape index (κ3) is 3.56. The second-order valence-corrected chi connectivity index (χ2v) is 9.34. The average Bonchev–Trinajstić information content (AvgIpc) is 2.51. The predicted molar refractivity (Wildman–Crippen MR) is 70.1 cm³/mol. The monoisotopic (exact) mass is 240 g/mol. The molecule has 0 aliphatic heterocycles. The molecule has 1 rings (SSSR count). The maximum atomic E-state index is 11.3. The molecule has 0 amide bonds. The highest BCUT2D eigenvalue weighted by molar-refractivity contribution is 6.73. The van der Waals surface area contributed by atoms with Crippen LogP contribution < -0.4 is 0 Å². The summed E-state index contributed by atoms with van der Waals surface area (Å²) in [5.74, 6) is 0.253. The zero-order chi connectivity index (χ0) is 12.0. The number of hydrogen-bond acceptors (Lipinski definition) is 2. The molecule has 1 atom stereocenters. The lowest BCUT2D eigenvalue weighted by Gasteiger charge is -2.31. The first kappa shape index (κ1) is 13.7. The molecule has 0 saturated carbocycles. The van der Waals surface area contributed by atoms with Crippen LogP contribution in [0.15, 0.2) is 12.2 Å². The molecular formula is C13H24O2Si. The lowest BCUT2D eigenvalue weighted by atomic mass is 10.2. The molecule has 0 spiro atoms. The SMILES string of the molecule is CC[Si](CC)(CC)O[C@@H]1C=CC(=O)CCC1. The molecule has 16 heavy (non-hydrogen) atoms. The molecule has 3 heteroatoms. The maximum Gasteiger partial charge on any atom is 0.192 e. The Balaban J connectivity index is 2.63. The van der Waals surface area contributed by atoms with E-state index < -0.39 is 8.32 Å². The molecular weight excluding hydrogens is 216 g/mol. The van der Waals surface area contributed by atoms with Crippen molar-refractivity contribution in [1.29, 1.82) is 0 Å². The van der Waals surface area contributed by atoms with Gasteiger partial charge in [0.2, 0.25) is 0 Å². The van der Waals surface area contributed by atoms with Crippen molar-refractivity contribution in [3.63, 3.8) is 0 Å². The zero-order valence-corrected chi connectivity index (χ0v) is 11.8. The van der Waals surface area contributed by atoms with E-state index in [4.69, 9.17) is 4.43 Å². The van der Waals surface area contributed by atoms with Crippen LogP contribution in [0.4, 0.5) is 0 Å². The van der Waals surface area contributed by atoms with E-state index in [9.17, 15) is 4.79 Å². The van der Waals surface area contributed by atoms with Gasteiger partial charge in [0.1, 0.15) is 0 Å². The standard InChI is InChI=1S/C13H24O2Si/c1-4-16(5-2,6-3)15-13-9-7-8-12(14)10-11-13/h10-11,13H,4-9H2,1-3H3/t13-/m0/s1. The molecule has 1 aliphatic rings. The minimum Gasteiger partial charge on any atom is -0.411 e. The summed E-state index contributed by atoms with van der Waals surface area (Å²) in [7, 11) is -1.51. The number of carbonyl (C=O) groups excluding carboxylic acids is 1. The summed E-state index contributed by atoms with van der Waals surface area (Å²) in [6.45, 7) is 6.72. The van der Waals surface area contributed by atoms with E-state index in [0.717, 1.165) is 12.8 Å². The van der Waals surface area contributed by atoms with Gasteiger partial charge in [0.25, 0.3) is 0 Å². The lowest BCUT2D eigenvalue weighted by molar-refractivity contribution is -0.114. The highest BCUT2D eigenvalue weighted by Crippen LogP contribution is 2.26. The van der Waals surface area contributed by atoms with Crippen molar-refractivity contribution in [3.8, 4) is 0 Å². The first-order valence-corrected chi connectivity index (χ1v) is 9.07. The normalized spacial score (nSPS) is 22.2. The van der Waals surface area contributed by atoms with E-state index in [1.807, 2.05) is 6.08 Å².